The van der Waals surface area contributed by atoms with Crippen LogP contribution in [0.3, 0.4) is 0 Å². The van der Waals surface area contributed by atoms with Crippen molar-refractivity contribution >= 4 is 5.57 Å². The molecule has 1 rings (SSSR count). The van der Waals surface area contributed by atoms with Crippen LogP contribution >= 0.6 is 0 Å². The second-order valence-corrected chi connectivity index (χ2v) is 3.90. The van der Waals surface area contributed by atoms with Crippen LogP contribution in [-0.2, 0) is 0 Å². The molecule has 0 amide bonds. The van der Waals surface area contributed by atoms with Gasteiger partial charge in [-0.15, -0.1) is 0 Å². The highest BCUT2D eigenvalue weighted by molar-refractivity contribution is 5.64. The van der Waals surface area contributed by atoms with Gasteiger partial charge in [-0.25, -0.2) is 4.39 Å². The Bertz CT molecular complexity index is 388. The standard InChI is InChI=1S/C14H20FNO/c1-3-17-14-8-7-12(10-13(14)15)11(2)6-4-5-9-16/h6-8,10H,3-5,9,16H2,1-2H3/b11-6+. The molecule has 0 aliphatic rings. The number of halogens is 1. The normalized spacial score (nSPS) is 11.6. The van der Waals surface area contributed by atoms with Gasteiger partial charge in [0.25, 0.3) is 0 Å². The van der Waals surface area contributed by atoms with Crippen molar-refractivity contribution in [3.05, 3.63) is 35.7 Å². The molecular weight excluding hydrogens is 217 g/mol. The summed E-state index contributed by atoms with van der Waals surface area (Å²) in [4.78, 5) is 0. The molecule has 94 valence electrons. The van der Waals surface area contributed by atoms with Gasteiger partial charge in [0.2, 0.25) is 0 Å². The average Bonchev–Trinajstić information content (AvgIpc) is 2.32. The monoisotopic (exact) mass is 237 g/mol. The number of rotatable bonds is 6. The van der Waals surface area contributed by atoms with Crippen molar-refractivity contribution in [2.45, 2.75) is 26.7 Å². The Morgan fingerprint density at radius 3 is 2.82 bits per heavy atom. The molecule has 0 spiro atoms. The van der Waals surface area contributed by atoms with Crippen LogP contribution in [0.25, 0.3) is 5.57 Å². The first kappa shape index (κ1) is 13.7. The zero-order chi connectivity index (χ0) is 12.7. The Hall–Kier alpha value is -1.35. The molecule has 2 N–H and O–H groups in total. The summed E-state index contributed by atoms with van der Waals surface area (Å²) in [7, 11) is 0. The Balaban J connectivity index is 2.78. The number of ether oxygens (including phenoxy) is 1. The lowest BCUT2D eigenvalue weighted by atomic mass is 10.1. The summed E-state index contributed by atoms with van der Waals surface area (Å²) < 4.78 is 18.8. The highest BCUT2D eigenvalue weighted by atomic mass is 19.1. The second-order valence-electron chi connectivity index (χ2n) is 3.90. The van der Waals surface area contributed by atoms with Gasteiger partial charge in [-0.2, -0.15) is 0 Å². The molecule has 0 aliphatic heterocycles. The van der Waals surface area contributed by atoms with Crippen LogP contribution in [0.1, 0.15) is 32.3 Å². The molecule has 0 bridgehead atoms. The SMILES string of the molecule is CCOc1ccc(/C(C)=C/CCCN)cc1F. The quantitative estimate of drug-likeness (QED) is 0.770. The van der Waals surface area contributed by atoms with E-state index in [1.54, 1.807) is 6.07 Å². The van der Waals surface area contributed by atoms with Gasteiger partial charge in [0.15, 0.2) is 11.6 Å². The number of hydrogen-bond donors (Lipinski definition) is 1. The third-order valence-electron chi connectivity index (χ3n) is 2.55. The van der Waals surface area contributed by atoms with Gasteiger partial charge < -0.3 is 10.5 Å². The third kappa shape index (κ3) is 4.19. The summed E-state index contributed by atoms with van der Waals surface area (Å²) in [5, 5.41) is 0. The Morgan fingerprint density at radius 2 is 2.24 bits per heavy atom. The maximum absolute atomic E-state index is 13.6. The number of nitrogens with two attached hydrogens (primary N) is 1. The fourth-order valence-corrected chi connectivity index (χ4v) is 1.57. The van der Waals surface area contributed by atoms with E-state index in [1.807, 2.05) is 19.9 Å². The maximum atomic E-state index is 13.6. The molecule has 0 radical (unpaired) electrons. The van der Waals surface area contributed by atoms with E-state index in [2.05, 4.69) is 6.08 Å². The predicted molar refractivity (Wildman–Crippen MR) is 69.5 cm³/mol. The van der Waals surface area contributed by atoms with Gasteiger partial charge in [0.1, 0.15) is 0 Å². The molecular formula is C14H20FNO. The smallest absolute Gasteiger partial charge is 0.165 e. The van der Waals surface area contributed by atoms with E-state index in [1.165, 1.54) is 6.07 Å². The van der Waals surface area contributed by atoms with Crippen molar-refractivity contribution < 1.29 is 9.13 Å². The van der Waals surface area contributed by atoms with E-state index in [9.17, 15) is 4.39 Å². The van der Waals surface area contributed by atoms with Crippen molar-refractivity contribution in [3.8, 4) is 5.75 Å². The largest absolute Gasteiger partial charge is 0.491 e. The van der Waals surface area contributed by atoms with Gasteiger partial charge in [-0.05, 0) is 56.5 Å². The average molecular weight is 237 g/mol. The fraction of sp³-hybridized carbons (Fsp3) is 0.429. The summed E-state index contributed by atoms with van der Waals surface area (Å²) in [6.07, 6.45) is 3.97. The molecule has 3 heteroatoms. The molecule has 1 aromatic carbocycles. The molecule has 0 fully saturated rings. The van der Waals surface area contributed by atoms with E-state index in [0.29, 0.717) is 18.9 Å². The van der Waals surface area contributed by atoms with Crippen molar-refractivity contribution in [2.24, 2.45) is 5.73 Å². The number of benzene rings is 1. The summed E-state index contributed by atoms with van der Waals surface area (Å²) in [6, 6.07) is 5.07. The Labute approximate surface area is 102 Å². The lowest BCUT2D eigenvalue weighted by molar-refractivity contribution is 0.321. The van der Waals surface area contributed by atoms with E-state index in [0.717, 1.165) is 24.0 Å². The summed E-state index contributed by atoms with van der Waals surface area (Å²) in [6.45, 7) is 4.97. The summed E-state index contributed by atoms with van der Waals surface area (Å²) in [5.74, 6) is 0.00179. The van der Waals surface area contributed by atoms with E-state index in [4.69, 9.17) is 10.5 Å². The van der Waals surface area contributed by atoms with Crippen LogP contribution in [0.4, 0.5) is 4.39 Å². The predicted octanol–water partition coefficient (Wildman–Crippen LogP) is 3.37. The van der Waals surface area contributed by atoms with Crippen LogP contribution in [-0.4, -0.2) is 13.2 Å². The molecule has 17 heavy (non-hydrogen) atoms. The van der Waals surface area contributed by atoms with Crippen molar-refractivity contribution in [2.75, 3.05) is 13.2 Å². The highest BCUT2D eigenvalue weighted by Gasteiger charge is 2.04. The minimum absolute atomic E-state index is 0.309. The first-order valence-corrected chi connectivity index (χ1v) is 5.98. The third-order valence-corrected chi connectivity index (χ3v) is 2.55. The minimum atomic E-state index is -0.309. The minimum Gasteiger partial charge on any atom is -0.491 e. The second kappa shape index (κ2) is 7.07. The van der Waals surface area contributed by atoms with Gasteiger partial charge in [-0.3, -0.25) is 0 Å². The molecule has 1 aromatic rings. The van der Waals surface area contributed by atoms with Gasteiger partial charge >= 0.3 is 0 Å². The van der Waals surface area contributed by atoms with Crippen LogP contribution < -0.4 is 10.5 Å². The summed E-state index contributed by atoms with van der Waals surface area (Å²) >= 11 is 0. The molecule has 0 aliphatic carbocycles. The molecule has 0 unspecified atom stereocenters. The number of hydrogen-bond acceptors (Lipinski definition) is 2. The molecule has 0 aromatic heterocycles. The zero-order valence-electron chi connectivity index (χ0n) is 10.5. The summed E-state index contributed by atoms with van der Waals surface area (Å²) in [5.41, 5.74) is 7.39. The first-order chi connectivity index (χ1) is 8.19. The van der Waals surface area contributed by atoms with Crippen LogP contribution in [0, 0.1) is 5.82 Å². The molecule has 0 saturated carbocycles. The van der Waals surface area contributed by atoms with Crippen molar-refractivity contribution in [1.29, 1.82) is 0 Å². The maximum Gasteiger partial charge on any atom is 0.165 e. The topological polar surface area (TPSA) is 35.2 Å². The lowest BCUT2D eigenvalue weighted by Gasteiger charge is -2.07. The van der Waals surface area contributed by atoms with Gasteiger partial charge in [0.05, 0.1) is 6.61 Å². The highest BCUT2D eigenvalue weighted by Crippen LogP contribution is 2.23. The van der Waals surface area contributed by atoms with Crippen molar-refractivity contribution in [1.82, 2.24) is 0 Å². The first-order valence-electron chi connectivity index (χ1n) is 5.98. The Kier molecular flexibility index (Phi) is 5.70. The fourth-order valence-electron chi connectivity index (χ4n) is 1.57. The van der Waals surface area contributed by atoms with Gasteiger partial charge in [0, 0.05) is 0 Å². The lowest BCUT2D eigenvalue weighted by Crippen LogP contribution is -1.97. The molecule has 2 nitrogen and oxygen atoms in total. The molecule has 0 saturated heterocycles. The van der Waals surface area contributed by atoms with Gasteiger partial charge in [-0.1, -0.05) is 12.1 Å². The van der Waals surface area contributed by atoms with Crippen LogP contribution in [0.15, 0.2) is 24.3 Å². The molecule has 0 heterocycles. The number of unbranched alkanes of at least 4 members (excludes halogenated alkanes) is 1. The Morgan fingerprint density at radius 1 is 1.47 bits per heavy atom. The molecule has 0 atom stereocenters. The van der Waals surface area contributed by atoms with Crippen LogP contribution in [0.2, 0.25) is 0 Å². The van der Waals surface area contributed by atoms with E-state index >= 15 is 0 Å². The zero-order valence-corrected chi connectivity index (χ0v) is 10.5. The van der Waals surface area contributed by atoms with Crippen LogP contribution in [0.5, 0.6) is 5.75 Å². The van der Waals surface area contributed by atoms with E-state index < -0.39 is 0 Å². The number of allylic oxidation sites excluding steroid dienone is 2. The van der Waals surface area contributed by atoms with E-state index in [-0.39, 0.29) is 5.82 Å². The van der Waals surface area contributed by atoms with Crippen molar-refractivity contribution in [3.63, 3.8) is 0 Å².